The molecule has 0 unspecified atom stereocenters. The van der Waals surface area contributed by atoms with Crippen LogP contribution >= 0.6 is 0 Å². The van der Waals surface area contributed by atoms with E-state index in [9.17, 15) is 4.39 Å². The quantitative estimate of drug-likeness (QED) is 0.695. The van der Waals surface area contributed by atoms with E-state index in [2.05, 4.69) is 17.1 Å². The van der Waals surface area contributed by atoms with Crippen LogP contribution in [0.4, 0.5) is 4.39 Å². The molecule has 56 valence electrons. The van der Waals surface area contributed by atoms with Crippen LogP contribution in [0.3, 0.4) is 0 Å². The van der Waals surface area contributed by atoms with Crippen molar-refractivity contribution < 1.29 is 4.39 Å². The molecule has 0 aliphatic rings. The first-order chi connectivity index (χ1) is 5.36. The molecule has 0 spiro atoms. The fourth-order valence-corrected chi connectivity index (χ4v) is 4.56. The van der Waals surface area contributed by atoms with Crippen molar-refractivity contribution in [3.05, 3.63) is 33.9 Å². The molecule has 11 heavy (non-hydrogen) atoms. The van der Waals surface area contributed by atoms with Gasteiger partial charge in [-0.05, 0) is 0 Å². The summed E-state index contributed by atoms with van der Waals surface area (Å²) >= 11 is 0.436. The molecule has 0 aromatic carbocycles. The molecule has 2 aromatic heterocycles. The van der Waals surface area contributed by atoms with Crippen molar-refractivity contribution in [3.63, 3.8) is 0 Å². The van der Waals surface area contributed by atoms with Crippen LogP contribution in [0, 0.1) is 4.69 Å². The Morgan fingerprint density at radius 3 is 2.55 bits per heavy atom. The minimum atomic E-state index is -0.0282. The molecule has 2 aromatic rings. The Bertz CT molecular complexity index is 335. The van der Waals surface area contributed by atoms with E-state index in [1.165, 1.54) is 8.87 Å². The number of hydrogen-bond donors (Lipinski definition) is 0. The summed E-state index contributed by atoms with van der Waals surface area (Å²) in [7, 11) is 0. The molecule has 0 N–H and O–H groups in total. The Balaban J connectivity index is 2.45. The Kier molecular flexibility index (Phi) is 2.15. The van der Waals surface area contributed by atoms with E-state index in [1.807, 2.05) is 6.07 Å². The van der Waals surface area contributed by atoms with Crippen LogP contribution in [-0.4, -0.2) is 29.0 Å². The molecule has 0 saturated heterocycles. The molecule has 3 heteroatoms. The van der Waals surface area contributed by atoms with Gasteiger partial charge in [0, 0.05) is 0 Å². The van der Waals surface area contributed by atoms with Crippen molar-refractivity contribution in [3.8, 4) is 8.87 Å². The Hall–Kier alpha value is -0.0710. The Morgan fingerprint density at radius 1 is 1.09 bits per heavy atom. The van der Waals surface area contributed by atoms with Gasteiger partial charge in [-0.1, -0.05) is 0 Å². The van der Waals surface area contributed by atoms with Gasteiger partial charge < -0.3 is 0 Å². The molecule has 0 radical (unpaired) electrons. The van der Waals surface area contributed by atoms with Gasteiger partial charge in [0.1, 0.15) is 0 Å². The van der Waals surface area contributed by atoms with Gasteiger partial charge in [-0.2, -0.15) is 0 Å². The van der Waals surface area contributed by atoms with Gasteiger partial charge >= 0.3 is 76.2 Å². The van der Waals surface area contributed by atoms with Crippen molar-refractivity contribution in [2.24, 2.45) is 0 Å². The average Bonchev–Trinajstić information content (AvgIpc) is 2.55. The van der Waals surface area contributed by atoms with Gasteiger partial charge in [-0.3, -0.25) is 0 Å². The van der Waals surface area contributed by atoms with Crippen LogP contribution in [0.1, 0.15) is 0 Å². The molecule has 0 nitrogen and oxygen atoms in total. The molecule has 2 heterocycles. The van der Waals surface area contributed by atoms with E-state index in [0.717, 1.165) is 0 Å². The molecule has 2 rings (SSSR count). The predicted molar refractivity (Wildman–Crippen MR) is 45.7 cm³/mol. The average molecular weight is 278 g/mol. The zero-order valence-electron chi connectivity index (χ0n) is 5.58. The monoisotopic (exact) mass is 280 g/mol. The van der Waals surface area contributed by atoms with Crippen LogP contribution < -0.4 is 0 Å². The first kappa shape index (κ1) is 7.57. The normalized spacial score (nSPS) is 10.3. The van der Waals surface area contributed by atoms with Crippen molar-refractivity contribution >= 4 is 29.0 Å². The van der Waals surface area contributed by atoms with E-state index >= 15 is 0 Å². The van der Waals surface area contributed by atoms with Crippen LogP contribution in [0.15, 0.2) is 29.2 Å². The van der Waals surface area contributed by atoms with Crippen LogP contribution in [0.2, 0.25) is 0 Å². The fraction of sp³-hybridized carbons (Fsp3) is 0. The van der Waals surface area contributed by atoms with Crippen molar-refractivity contribution in [1.29, 1.82) is 0 Å². The molecular formula is C8H5FSe2. The third kappa shape index (κ3) is 1.57. The molecule has 0 aliphatic heterocycles. The summed E-state index contributed by atoms with van der Waals surface area (Å²) in [5, 5.41) is 0. The zero-order chi connectivity index (χ0) is 7.68. The molecule has 0 aliphatic carbocycles. The second kappa shape index (κ2) is 3.12. The standard InChI is InChI=1S/C8H5FSe2/c9-8-4-3-7(11-8)6-2-1-5-10-6/h1-5H. The predicted octanol–water partition coefficient (Wildman–Crippen LogP) is 1.61. The Labute approximate surface area is 76.2 Å². The molecule has 0 amide bonds. The van der Waals surface area contributed by atoms with Crippen LogP contribution in [0.5, 0.6) is 0 Å². The van der Waals surface area contributed by atoms with Gasteiger partial charge in [-0.15, -0.1) is 0 Å². The first-order valence-corrected chi connectivity index (χ1v) is 6.71. The summed E-state index contributed by atoms with van der Waals surface area (Å²) in [6.45, 7) is 0. The molecule has 0 bridgehead atoms. The number of halogens is 1. The molecule has 0 atom stereocenters. The maximum absolute atomic E-state index is 12.6. The van der Waals surface area contributed by atoms with Gasteiger partial charge in [0.25, 0.3) is 0 Å². The summed E-state index contributed by atoms with van der Waals surface area (Å²) in [5.74, 6) is 0. The Morgan fingerprint density at radius 2 is 2.00 bits per heavy atom. The number of hydrogen-bond acceptors (Lipinski definition) is 0. The van der Waals surface area contributed by atoms with Crippen LogP contribution in [0.25, 0.3) is 8.87 Å². The van der Waals surface area contributed by atoms with E-state index in [4.69, 9.17) is 0 Å². The third-order valence-corrected chi connectivity index (χ3v) is 5.79. The van der Waals surface area contributed by atoms with Crippen molar-refractivity contribution in [2.45, 2.75) is 0 Å². The second-order valence-corrected chi connectivity index (χ2v) is 6.24. The van der Waals surface area contributed by atoms with E-state index in [0.29, 0.717) is 14.5 Å². The summed E-state index contributed by atoms with van der Waals surface area (Å²) in [5.41, 5.74) is 0. The van der Waals surface area contributed by atoms with Gasteiger partial charge in [0.05, 0.1) is 0 Å². The van der Waals surface area contributed by atoms with Gasteiger partial charge in [-0.25, -0.2) is 0 Å². The summed E-state index contributed by atoms with van der Waals surface area (Å²) in [6, 6.07) is 7.66. The third-order valence-electron chi connectivity index (χ3n) is 1.34. The van der Waals surface area contributed by atoms with E-state index < -0.39 is 0 Å². The van der Waals surface area contributed by atoms with Gasteiger partial charge in [0.15, 0.2) is 0 Å². The minimum absolute atomic E-state index is 0.0282. The van der Waals surface area contributed by atoms with E-state index in [1.54, 1.807) is 6.07 Å². The maximum atomic E-state index is 12.6. The fourth-order valence-electron chi connectivity index (χ4n) is 0.865. The summed E-state index contributed by atoms with van der Waals surface area (Å²) in [4.78, 5) is 2.16. The molecule has 0 fully saturated rings. The summed E-state index contributed by atoms with van der Waals surface area (Å²) < 4.78 is 15.2. The molecular weight excluding hydrogens is 273 g/mol. The van der Waals surface area contributed by atoms with Crippen LogP contribution in [-0.2, 0) is 0 Å². The zero-order valence-corrected chi connectivity index (χ0v) is 9.01. The van der Waals surface area contributed by atoms with Gasteiger partial charge in [0.2, 0.25) is 0 Å². The topological polar surface area (TPSA) is 0 Å². The van der Waals surface area contributed by atoms with E-state index in [-0.39, 0.29) is 19.2 Å². The van der Waals surface area contributed by atoms with Crippen molar-refractivity contribution in [1.82, 2.24) is 0 Å². The first-order valence-electron chi connectivity index (χ1n) is 3.15. The number of rotatable bonds is 1. The summed E-state index contributed by atoms with van der Waals surface area (Å²) in [6.07, 6.45) is 0. The second-order valence-electron chi connectivity index (χ2n) is 2.08. The SMILES string of the molecule is Fc1ccc(-c2ccc[se]2)[se]1. The van der Waals surface area contributed by atoms with Crippen molar-refractivity contribution in [2.75, 3.05) is 0 Å². The molecule has 0 saturated carbocycles.